The maximum absolute atomic E-state index is 12.8. The van der Waals surface area contributed by atoms with Gasteiger partial charge >= 0.3 is 19.8 Å². The van der Waals surface area contributed by atoms with Crippen LogP contribution in [0.2, 0.25) is 0 Å². The minimum absolute atomic E-state index is 0.0328. The van der Waals surface area contributed by atoms with Crippen LogP contribution in [0, 0.1) is 0 Å². The Morgan fingerprint density at radius 2 is 0.730 bits per heavy atom. The van der Waals surface area contributed by atoms with Crippen LogP contribution in [-0.4, -0.2) is 74.9 Å². The maximum atomic E-state index is 12.8. The van der Waals surface area contributed by atoms with Crippen LogP contribution in [0.5, 0.6) is 0 Å². The zero-order valence-electron chi connectivity index (χ0n) is 49.6. The largest absolute Gasteiger partial charge is 0.472 e. The first kappa shape index (κ1) is 72.2. The Hall–Kier alpha value is -1.77. The van der Waals surface area contributed by atoms with Crippen molar-refractivity contribution in [2.75, 3.05) is 47.5 Å². The number of nitrogens with zero attached hydrogens (tertiary/aromatic N) is 1. The molecule has 0 heterocycles. The molecule has 2 atom stereocenters. The monoisotopic (exact) mass is 1060 g/mol. The SMILES string of the molecule is CCCCCCC/C=C\C/C=C\CCCCCCCCCCCCCC(=O)OC(COC(=O)CCCCCCCCCCCCCCCCC/C=C\CCCCCCCCCC)COP(=O)(O)OCC[N+](C)(C)C. The lowest BCUT2D eigenvalue weighted by atomic mass is 10.0. The molecule has 0 saturated heterocycles. The summed E-state index contributed by atoms with van der Waals surface area (Å²) in [5, 5.41) is 0. The van der Waals surface area contributed by atoms with Gasteiger partial charge in [-0.2, -0.15) is 0 Å². The topological polar surface area (TPSA) is 108 Å². The van der Waals surface area contributed by atoms with E-state index in [9.17, 15) is 19.0 Å². The Morgan fingerprint density at radius 1 is 0.419 bits per heavy atom. The van der Waals surface area contributed by atoms with Gasteiger partial charge in [0, 0.05) is 12.8 Å². The number of allylic oxidation sites excluding steroid dienone is 6. The molecule has 0 aromatic heterocycles. The van der Waals surface area contributed by atoms with Crippen molar-refractivity contribution in [1.29, 1.82) is 0 Å². The molecule has 0 aromatic rings. The molecule has 10 heteroatoms. The number of carbonyl (C=O) groups is 2. The number of unbranched alkanes of at least 4 members (excludes halogenated alkanes) is 39. The normalized spacial score (nSPS) is 13.4. The lowest BCUT2D eigenvalue weighted by Crippen LogP contribution is -2.37. The number of hydrogen-bond acceptors (Lipinski definition) is 7. The average molecular weight is 1070 g/mol. The molecule has 0 radical (unpaired) electrons. The minimum Gasteiger partial charge on any atom is -0.462 e. The molecule has 2 unspecified atom stereocenters. The Kier molecular flexibility index (Phi) is 54.6. The van der Waals surface area contributed by atoms with Crippen molar-refractivity contribution in [1.82, 2.24) is 0 Å². The lowest BCUT2D eigenvalue weighted by Gasteiger charge is -2.24. The zero-order chi connectivity index (χ0) is 54.2. The van der Waals surface area contributed by atoms with Crippen molar-refractivity contribution in [3.63, 3.8) is 0 Å². The Labute approximate surface area is 459 Å². The molecular weight excluding hydrogens is 942 g/mol. The van der Waals surface area contributed by atoms with Gasteiger partial charge < -0.3 is 18.9 Å². The number of esters is 2. The molecule has 74 heavy (non-hydrogen) atoms. The van der Waals surface area contributed by atoms with Crippen LogP contribution in [0.1, 0.15) is 309 Å². The molecule has 436 valence electrons. The van der Waals surface area contributed by atoms with Gasteiger partial charge in [0.15, 0.2) is 6.10 Å². The third-order valence-electron chi connectivity index (χ3n) is 14.1. The van der Waals surface area contributed by atoms with Gasteiger partial charge in [0.2, 0.25) is 0 Å². The number of rotatable bonds is 59. The van der Waals surface area contributed by atoms with Gasteiger partial charge in [-0.25, -0.2) is 4.57 Å². The molecule has 0 aromatic carbocycles. The van der Waals surface area contributed by atoms with Gasteiger partial charge in [0.25, 0.3) is 0 Å². The van der Waals surface area contributed by atoms with Crippen molar-refractivity contribution in [2.24, 2.45) is 0 Å². The predicted octanol–water partition coefficient (Wildman–Crippen LogP) is 19.9. The van der Waals surface area contributed by atoms with Crippen LogP contribution in [0.4, 0.5) is 0 Å². The smallest absolute Gasteiger partial charge is 0.462 e. The molecule has 0 aliphatic rings. The highest BCUT2D eigenvalue weighted by Gasteiger charge is 2.27. The fourth-order valence-corrected chi connectivity index (χ4v) is 9.96. The third-order valence-corrected chi connectivity index (χ3v) is 15.1. The van der Waals surface area contributed by atoms with Gasteiger partial charge in [-0.1, -0.05) is 262 Å². The van der Waals surface area contributed by atoms with E-state index in [1.165, 1.54) is 231 Å². The molecule has 0 aliphatic carbocycles. The van der Waals surface area contributed by atoms with Crippen molar-refractivity contribution >= 4 is 19.8 Å². The van der Waals surface area contributed by atoms with E-state index in [4.69, 9.17) is 18.5 Å². The van der Waals surface area contributed by atoms with Crippen LogP contribution in [-0.2, 0) is 32.7 Å². The highest BCUT2D eigenvalue weighted by molar-refractivity contribution is 7.47. The first-order valence-corrected chi connectivity index (χ1v) is 33.2. The molecule has 1 N–H and O–H groups in total. The number of phosphoric acid groups is 1. The highest BCUT2D eigenvalue weighted by atomic mass is 31.2. The summed E-state index contributed by atoms with van der Waals surface area (Å²) < 4.78 is 34.7. The predicted molar refractivity (Wildman–Crippen MR) is 317 cm³/mol. The van der Waals surface area contributed by atoms with E-state index in [1.54, 1.807) is 0 Å². The summed E-state index contributed by atoms with van der Waals surface area (Å²) in [5.41, 5.74) is 0. The number of quaternary nitrogens is 1. The van der Waals surface area contributed by atoms with Gasteiger partial charge in [-0.15, -0.1) is 0 Å². The second kappa shape index (κ2) is 56.0. The summed E-state index contributed by atoms with van der Waals surface area (Å²) in [6.07, 6.45) is 69.4. The first-order valence-electron chi connectivity index (χ1n) is 31.7. The summed E-state index contributed by atoms with van der Waals surface area (Å²) in [6.45, 7) is 4.47. The molecular formula is C64H123NO8P+. The van der Waals surface area contributed by atoms with Gasteiger partial charge in [-0.05, 0) is 70.6 Å². The highest BCUT2D eigenvalue weighted by Crippen LogP contribution is 2.43. The second-order valence-corrected chi connectivity index (χ2v) is 24.2. The van der Waals surface area contributed by atoms with Crippen molar-refractivity contribution in [3.8, 4) is 0 Å². The zero-order valence-corrected chi connectivity index (χ0v) is 50.5. The second-order valence-electron chi connectivity index (χ2n) is 22.8. The summed E-state index contributed by atoms with van der Waals surface area (Å²) in [6, 6.07) is 0. The number of hydrogen-bond donors (Lipinski definition) is 1. The van der Waals surface area contributed by atoms with Gasteiger partial charge in [0.05, 0.1) is 27.7 Å². The molecule has 0 bridgehead atoms. The third kappa shape index (κ3) is 59.5. The van der Waals surface area contributed by atoms with E-state index in [0.29, 0.717) is 23.9 Å². The van der Waals surface area contributed by atoms with Gasteiger partial charge in [0.1, 0.15) is 19.8 Å². The Morgan fingerprint density at radius 3 is 1.08 bits per heavy atom. The quantitative estimate of drug-likeness (QED) is 0.0211. The first-order chi connectivity index (χ1) is 36.0. The summed E-state index contributed by atoms with van der Waals surface area (Å²) in [4.78, 5) is 35.8. The van der Waals surface area contributed by atoms with E-state index in [0.717, 1.165) is 44.9 Å². The molecule has 0 saturated carbocycles. The van der Waals surface area contributed by atoms with Crippen LogP contribution >= 0.6 is 7.82 Å². The Bertz CT molecular complexity index is 1340. The fraction of sp³-hybridized carbons (Fsp3) is 0.875. The molecule has 0 amide bonds. The molecule has 9 nitrogen and oxygen atoms in total. The van der Waals surface area contributed by atoms with E-state index < -0.39 is 26.5 Å². The average Bonchev–Trinajstić information content (AvgIpc) is 3.36. The van der Waals surface area contributed by atoms with Crippen LogP contribution < -0.4 is 0 Å². The lowest BCUT2D eigenvalue weighted by molar-refractivity contribution is -0.870. The molecule has 0 rings (SSSR count). The van der Waals surface area contributed by atoms with Gasteiger partial charge in [-0.3, -0.25) is 18.6 Å². The number of ether oxygens (including phenoxy) is 2. The summed E-state index contributed by atoms with van der Waals surface area (Å²) in [5.74, 6) is -0.785. The van der Waals surface area contributed by atoms with Crippen LogP contribution in [0.25, 0.3) is 0 Å². The standard InChI is InChI=1S/C64H122NO8P/c1-6-8-10-12-14-16-18-20-22-24-26-28-30-31-32-33-35-36-38-40-42-44-46-48-50-52-54-56-63(66)70-60-62(61-72-74(68,69)71-59-58-65(3,4)5)73-64(67)57-55-53-51-49-47-45-43-41-39-37-34-29-27-25-23-21-19-17-15-13-11-9-7-2/h19,21,24-27,62H,6-18,20,22-23,28-61H2,1-5H3/p+1/b21-19-,26-24-,27-25-. The molecule has 0 fully saturated rings. The van der Waals surface area contributed by atoms with E-state index >= 15 is 0 Å². The van der Waals surface area contributed by atoms with Crippen molar-refractivity contribution in [3.05, 3.63) is 36.5 Å². The van der Waals surface area contributed by atoms with Crippen molar-refractivity contribution in [2.45, 2.75) is 315 Å². The van der Waals surface area contributed by atoms with Crippen LogP contribution in [0.15, 0.2) is 36.5 Å². The number of phosphoric ester groups is 1. The van der Waals surface area contributed by atoms with Crippen molar-refractivity contribution < 1.29 is 42.1 Å². The number of likely N-dealkylation sites (N-methyl/N-ethyl adjacent to an activating group) is 1. The maximum Gasteiger partial charge on any atom is 0.472 e. The molecule has 0 spiro atoms. The van der Waals surface area contributed by atoms with E-state index in [-0.39, 0.29) is 25.6 Å². The van der Waals surface area contributed by atoms with Crippen LogP contribution in [0.3, 0.4) is 0 Å². The van der Waals surface area contributed by atoms with E-state index in [1.807, 2.05) is 21.1 Å². The Balaban J connectivity index is 4.08. The van der Waals surface area contributed by atoms with E-state index in [2.05, 4.69) is 50.3 Å². The fourth-order valence-electron chi connectivity index (χ4n) is 9.22. The minimum atomic E-state index is -4.39. The number of carbonyl (C=O) groups excluding carboxylic acids is 2. The molecule has 0 aliphatic heterocycles. The summed E-state index contributed by atoms with van der Waals surface area (Å²) in [7, 11) is 1.49. The summed E-state index contributed by atoms with van der Waals surface area (Å²) >= 11 is 0.